The van der Waals surface area contributed by atoms with Crippen LogP contribution in [0.25, 0.3) is 0 Å². The summed E-state index contributed by atoms with van der Waals surface area (Å²) in [6.07, 6.45) is 2.48. The lowest BCUT2D eigenvalue weighted by Crippen LogP contribution is -2.45. The van der Waals surface area contributed by atoms with Gasteiger partial charge in [0.25, 0.3) is 0 Å². The summed E-state index contributed by atoms with van der Waals surface area (Å²) in [5.41, 5.74) is 7.06. The van der Waals surface area contributed by atoms with Gasteiger partial charge in [-0.1, -0.05) is 11.8 Å². The number of hydrogen-bond acceptors (Lipinski definition) is 4. The molecule has 0 saturated carbocycles. The Balaban J connectivity index is 2.18. The van der Waals surface area contributed by atoms with Gasteiger partial charge < -0.3 is 10.5 Å². The van der Waals surface area contributed by atoms with E-state index in [9.17, 15) is 4.79 Å². The van der Waals surface area contributed by atoms with Crippen molar-refractivity contribution < 1.29 is 9.53 Å². The second-order valence-electron chi connectivity index (χ2n) is 6.87. The van der Waals surface area contributed by atoms with E-state index in [0.29, 0.717) is 23.4 Å². The SMILES string of the molecule is CC(C)(C)OC(=O)N1CCCCC1C#Cc1ccc(C#N)cc1N. The zero-order valence-corrected chi connectivity index (χ0v) is 14.4. The maximum absolute atomic E-state index is 12.4. The molecule has 1 aromatic carbocycles. The third-order valence-corrected chi connectivity index (χ3v) is 3.68. The van der Waals surface area contributed by atoms with Crippen LogP contribution in [-0.4, -0.2) is 29.2 Å². The fourth-order valence-electron chi connectivity index (χ4n) is 2.53. The van der Waals surface area contributed by atoms with Gasteiger partial charge in [0.15, 0.2) is 0 Å². The molecule has 0 aliphatic carbocycles. The number of nitrogen functional groups attached to an aromatic ring is 1. The second-order valence-corrected chi connectivity index (χ2v) is 6.87. The molecule has 1 heterocycles. The first-order chi connectivity index (χ1) is 11.3. The van der Waals surface area contributed by atoms with Gasteiger partial charge in [-0.05, 0) is 58.2 Å². The van der Waals surface area contributed by atoms with Crippen molar-refractivity contribution in [3.05, 3.63) is 29.3 Å². The molecule has 0 bridgehead atoms. The summed E-state index contributed by atoms with van der Waals surface area (Å²) in [6.45, 7) is 6.21. The molecule has 1 aliphatic rings. The molecule has 1 saturated heterocycles. The zero-order chi connectivity index (χ0) is 17.7. The summed E-state index contributed by atoms with van der Waals surface area (Å²) in [7, 11) is 0. The molecule has 1 fully saturated rings. The van der Waals surface area contributed by atoms with Crippen molar-refractivity contribution in [3.8, 4) is 17.9 Å². The van der Waals surface area contributed by atoms with E-state index in [-0.39, 0.29) is 12.1 Å². The normalized spacial score (nSPS) is 17.4. The van der Waals surface area contributed by atoms with Crippen LogP contribution in [-0.2, 0) is 4.74 Å². The van der Waals surface area contributed by atoms with Gasteiger partial charge in [-0.15, -0.1) is 0 Å². The molecular formula is C19H23N3O2. The van der Waals surface area contributed by atoms with Crippen molar-refractivity contribution in [2.75, 3.05) is 12.3 Å². The lowest BCUT2D eigenvalue weighted by molar-refractivity contribution is 0.0158. The van der Waals surface area contributed by atoms with Crippen LogP contribution in [0.3, 0.4) is 0 Å². The van der Waals surface area contributed by atoms with E-state index in [1.807, 2.05) is 26.8 Å². The number of likely N-dealkylation sites (tertiary alicyclic amines) is 1. The number of rotatable bonds is 0. The molecule has 2 rings (SSSR count). The van der Waals surface area contributed by atoms with Crippen LogP contribution in [0.1, 0.15) is 51.2 Å². The minimum absolute atomic E-state index is 0.177. The molecule has 1 aromatic rings. The Morgan fingerprint density at radius 3 is 2.75 bits per heavy atom. The molecule has 1 atom stereocenters. The molecule has 5 nitrogen and oxygen atoms in total. The minimum atomic E-state index is -0.524. The van der Waals surface area contributed by atoms with Crippen LogP contribution in [0.2, 0.25) is 0 Å². The Labute approximate surface area is 143 Å². The lowest BCUT2D eigenvalue weighted by atomic mass is 10.0. The van der Waals surface area contributed by atoms with Gasteiger partial charge in [-0.2, -0.15) is 5.26 Å². The molecule has 24 heavy (non-hydrogen) atoms. The first kappa shape index (κ1) is 17.7. The Kier molecular flexibility index (Phi) is 5.36. The number of nitriles is 1. The van der Waals surface area contributed by atoms with E-state index in [0.717, 1.165) is 19.3 Å². The van der Waals surface area contributed by atoms with Gasteiger partial charge in [-0.25, -0.2) is 4.79 Å². The number of anilines is 1. The molecule has 1 unspecified atom stereocenters. The van der Waals surface area contributed by atoms with Crippen LogP contribution < -0.4 is 5.73 Å². The number of carbonyl (C=O) groups is 1. The van der Waals surface area contributed by atoms with E-state index < -0.39 is 5.60 Å². The highest BCUT2D eigenvalue weighted by Gasteiger charge is 2.29. The molecule has 1 aliphatic heterocycles. The summed E-state index contributed by atoms with van der Waals surface area (Å²) in [4.78, 5) is 14.1. The highest BCUT2D eigenvalue weighted by Crippen LogP contribution is 2.20. The van der Waals surface area contributed by atoms with E-state index in [1.54, 1.807) is 23.1 Å². The zero-order valence-electron chi connectivity index (χ0n) is 14.4. The first-order valence-electron chi connectivity index (χ1n) is 8.11. The average Bonchev–Trinajstić information content (AvgIpc) is 2.52. The first-order valence-corrected chi connectivity index (χ1v) is 8.11. The summed E-state index contributed by atoms with van der Waals surface area (Å²) in [5, 5.41) is 8.88. The van der Waals surface area contributed by atoms with Crippen molar-refractivity contribution in [2.45, 2.75) is 51.7 Å². The lowest BCUT2D eigenvalue weighted by Gasteiger charge is -2.34. The van der Waals surface area contributed by atoms with E-state index >= 15 is 0 Å². The fourth-order valence-corrected chi connectivity index (χ4v) is 2.53. The van der Waals surface area contributed by atoms with Gasteiger partial charge in [0.1, 0.15) is 5.60 Å². The number of nitrogens with two attached hydrogens (primary N) is 1. The van der Waals surface area contributed by atoms with E-state index in [1.165, 1.54) is 0 Å². The van der Waals surface area contributed by atoms with Gasteiger partial charge in [0, 0.05) is 17.8 Å². The van der Waals surface area contributed by atoms with Crippen LogP contribution in [0.15, 0.2) is 18.2 Å². The quantitative estimate of drug-likeness (QED) is 0.586. The van der Waals surface area contributed by atoms with Crippen LogP contribution >= 0.6 is 0 Å². The number of piperidine rings is 1. The Morgan fingerprint density at radius 2 is 2.12 bits per heavy atom. The molecular weight excluding hydrogens is 302 g/mol. The number of hydrogen-bond donors (Lipinski definition) is 1. The highest BCUT2D eigenvalue weighted by molar-refractivity contribution is 5.69. The largest absolute Gasteiger partial charge is 0.444 e. The van der Waals surface area contributed by atoms with Gasteiger partial charge >= 0.3 is 6.09 Å². The molecule has 5 heteroatoms. The average molecular weight is 325 g/mol. The molecule has 2 N–H and O–H groups in total. The van der Waals surface area contributed by atoms with Crippen LogP contribution in [0.5, 0.6) is 0 Å². The number of amides is 1. The summed E-state index contributed by atoms with van der Waals surface area (Å²) >= 11 is 0. The maximum atomic E-state index is 12.4. The summed E-state index contributed by atoms with van der Waals surface area (Å²) in [5.74, 6) is 6.19. The monoisotopic (exact) mass is 325 g/mol. The van der Waals surface area contributed by atoms with Crippen molar-refractivity contribution in [3.63, 3.8) is 0 Å². The Morgan fingerprint density at radius 1 is 1.38 bits per heavy atom. The topological polar surface area (TPSA) is 79.3 Å². The molecule has 0 radical (unpaired) electrons. The van der Waals surface area contributed by atoms with Crippen molar-refractivity contribution >= 4 is 11.8 Å². The van der Waals surface area contributed by atoms with Gasteiger partial charge in [0.05, 0.1) is 17.7 Å². The van der Waals surface area contributed by atoms with Crippen molar-refractivity contribution in [1.82, 2.24) is 4.90 Å². The molecule has 0 aromatic heterocycles. The minimum Gasteiger partial charge on any atom is -0.444 e. The van der Waals surface area contributed by atoms with Gasteiger partial charge in [0.2, 0.25) is 0 Å². The maximum Gasteiger partial charge on any atom is 0.411 e. The van der Waals surface area contributed by atoms with Crippen molar-refractivity contribution in [2.24, 2.45) is 0 Å². The predicted molar refractivity (Wildman–Crippen MR) is 93.0 cm³/mol. The van der Waals surface area contributed by atoms with Crippen molar-refractivity contribution in [1.29, 1.82) is 5.26 Å². The number of nitrogens with zero attached hydrogens (tertiary/aromatic N) is 2. The Bertz CT molecular complexity index is 717. The number of ether oxygens (including phenoxy) is 1. The third kappa shape index (κ3) is 4.67. The van der Waals surface area contributed by atoms with Gasteiger partial charge in [-0.3, -0.25) is 4.90 Å². The fraction of sp³-hybridized carbons (Fsp3) is 0.474. The summed E-state index contributed by atoms with van der Waals surface area (Å²) in [6, 6.07) is 6.90. The smallest absolute Gasteiger partial charge is 0.411 e. The second kappa shape index (κ2) is 7.27. The molecule has 126 valence electrons. The standard InChI is InChI=1S/C19H23N3O2/c1-19(2,3)24-18(23)22-11-5-4-6-16(22)10-9-15-8-7-14(13-20)12-17(15)21/h7-8,12,16H,4-6,11,21H2,1-3H3. The predicted octanol–water partition coefficient (Wildman–Crippen LogP) is 3.28. The Hall–Kier alpha value is -2.66. The molecule has 0 spiro atoms. The van der Waals surface area contributed by atoms with E-state index in [2.05, 4.69) is 11.8 Å². The summed E-state index contributed by atoms with van der Waals surface area (Å²) < 4.78 is 5.47. The third-order valence-electron chi connectivity index (χ3n) is 3.68. The molecule has 1 amide bonds. The number of benzene rings is 1. The van der Waals surface area contributed by atoms with Crippen LogP contribution in [0, 0.1) is 23.2 Å². The van der Waals surface area contributed by atoms with E-state index in [4.69, 9.17) is 15.7 Å². The van der Waals surface area contributed by atoms with Crippen LogP contribution in [0.4, 0.5) is 10.5 Å². The highest BCUT2D eigenvalue weighted by atomic mass is 16.6. The number of carbonyl (C=O) groups excluding carboxylic acids is 1.